The number of amides is 1. The summed E-state index contributed by atoms with van der Waals surface area (Å²) in [7, 11) is 1.62. The minimum absolute atomic E-state index is 0.0772. The van der Waals surface area contributed by atoms with Crippen molar-refractivity contribution < 1.29 is 14.3 Å². The number of carbonyl (C=O) groups is 2. The molecule has 0 spiro atoms. The molecule has 1 amide bonds. The normalized spacial score (nSPS) is 19.9. The third-order valence-electron chi connectivity index (χ3n) is 6.33. The first-order chi connectivity index (χ1) is 15.2. The van der Waals surface area contributed by atoms with Gasteiger partial charge in [-0.25, -0.2) is 0 Å². The molecule has 1 aliphatic heterocycles. The number of hydrogen-bond acceptors (Lipinski definition) is 4. The van der Waals surface area contributed by atoms with E-state index in [2.05, 4.69) is 24.5 Å². The zero-order chi connectivity index (χ0) is 23.0. The second-order valence-corrected chi connectivity index (χ2v) is 9.44. The molecule has 5 heteroatoms. The number of allylic oxidation sites excluding steroid dienone is 3. The van der Waals surface area contributed by atoms with Gasteiger partial charge in [-0.1, -0.05) is 50.2 Å². The molecule has 0 saturated heterocycles. The van der Waals surface area contributed by atoms with Crippen LogP contribution < -0.4 is 15.4 Å². The highest BCUT2D eigenvalue weighted by atomic mass is 16.5. The number of carbonyl (C=O) groups excluding carboxylic acids is 2. The summed E-state index contributed by atoms with van der Waals surface area (Å²) in [6.45, 7) is 8.08. The molecule has 0 aromatic heterocycles. The number of rotatable bonds is 4. The molecular formula is C27H30N2O3. The average molecular weight is 431 g/mol. The Hall–Kier alpha value is -3.34. The fourth-order valence-corrected chi connectivity index (χ4v) is 4.86. The van der Waals surface area contributed by atoms with Crippen molar-refractivity contribution in [3.05, 3.63) is 82.2 Å². The van der Waals surface area contributed by atoms with Crippen LogP contribution in [-0.4, -0.2) is 18.8 Å². The molecule has 4 rings (SSSR count). The van der Waals surface area contributed by atoms with Crippen molar-refractivity contribution in [3.8, 4) is 5.75 Å². The molecule has 0 fully saturated rings. The lowest BCUT2D eigenvalue weighted by atomic mass is 9.68. The van der Waals surface area contributed by atoms with Crippen LogP contribution in [0.25, 0.3) is 0 Å². The van der Waals surface area contributed by atoms with Gasteiger partial charge < -0.3 is 15.4 Å². The highest BCUT2D eigenvalue weighted by Gasteiger charge is 2.43. The Kier molecular flexibility index (Phi) is 5.68. The van der Waals surface area contributed by atoms with Crippen LogP contribution in [0.3, 0.4) is 0 Å². The first-order valence-corrected chi connectivity index (χ1v) is 11.0. The molecule has 2 aromatic rings. The summed E-state index contributed by atoms with van der Waals surface area (Å²) in [6.07, 6.45) is 1.20. The molecule has 1 atom stereocenters. The molecule has 1 heterocycles. The van der Waals surface area contributed by atoms with Crippen LogP contribution in [0.5, 0.6) is 5.75 Å². The predicted molar refractivity (Wildman–Crippen MR) is 126 cm³/mol. The first-order valence-electron chi connectivity index (χ1n) is 11.0. The third kappa shape index (κ3) is 3.95. The van der Waals surface area contributed by atoms with Crippen molar-refractivity contribution in [2.75, 3.05) is 12.4 Å². The summed E-state index contributed by atoms with van der Waals surface area (Å²) < 4.78 is 5.65. The summed E-state index contributed by atoms with van der Waals surface area (Å²) in [4.78, 5) is 27.1. The Balaban J connectivity index is 1.86. The number of methoxy groups -OCH3 is 1. The zero-order valence-electron chi connectivity index (χ0n) is 19.3. The van der Waals surface area contributed by atoms with E-state index in [0.717, 1.165) is 34.6 Å². The van der Waals surface area contributed by atoms with Crippen molar-refractivity contribution in [1.82, 2.24) is 5.32 Å². The smallest absolute Gasteiger partial charge is 0.254 e. The number of anilines is 1. The van der Waals surface area contributed by atoms with E-state index in [9.17, 15) is 9.59 Å². The number of ketones is 1. The van der Waals surface area contributed by atoms with Crippen LogP contribution >= 0.6 is 0 Å². The van der Waals surface area contributed by atoms with Gasteiger partial charge in [-0.2, -0.15) is 0 Å². The molecule has 0 saturated carbocycles. The van der Waals surface area contributed by atoms with Gasteiger partial charge in [0, 0.05) is 40.2 Å². The van der Waals surface area contributed by atoms with Crippen molar-refractivity contribution in [2.24, 2.45) is 5.41 Å². The molecule has 2 N–H and O–H groups in total. The van der Waals surface area contributed by atoms with Crippen LogP contribution in [-0.2, 0) is 9.59 Å². The van der Waals surface area contributed by atoms with Gasteiger partial charge in [-0.15, -0.1) is 0 Å². The second kappa shape index (κ2) is 8.30. The van der Waals surface area contributed by atoms with Crippen molar-refractivity contribution in [1.29, 1.82) is 0 Å². The molecule has 0 unspecified atom stereocenters. The Labute approximate surface area is 189 Å². The van der Waals surface area contributed by atoms with Crippen LogP contribution in [0, 0.1) is 12.3 Å². The Bertz CT molecular complexity index is 1160. The van der Waals surface area contributed by atoms with Gasteiger partial charge in [0.1, 0.15) is 5.75 Å². The van der Waals surface area contributed by atoms with E-state index >= 15 is 0 Å². The molecule has 1 aliphatic carbocycles. The van der Waals surface area contributed by atoms with Crippen molar-refractivity contribution in [3.63, 3.8) is 0 Å². The quantitative estimate of drug-likeness (QED) is 0.696. The van der Waals surface area contributed by atoms with E-state index in [1.54, 1.807) is 7.11 Å². The molecule has 0 radical (unpaired) electrons. The molecule has 2 aromatic carbocycles. The van der Waals surface area contributed by atoms with Crippen LogP contribution in [0.2, 0.25) is 0 Å². The molecule has 32 heavy (non-hydrogen) atoms. The summed E-state index contributed by atoms with van der Waals surface area (Å²) in [5, 5.41) is 6.47. The number of Topliss-reactive ketones (excluding diaryl/α,β-unsaturated/α-hetero) is 1. The minimum atomic E-state index is -0.491. The highest BCUT2D eigenvalue weighted by molar-refractivity contribution is 6.10. The maximum absolute atomic E-state index is 13.6. The van der Waals surface area contributed by atoms with Gasteiger partial charge in [0.25, 0.3) is 5.91 Å². The zero-order valence-corrected chi connectivity index (χ0v) is 19.3. The summed E-state index contributed by atoms with van der Waals surface area (Å²) in [5.41, 5.74) is 5.32. The summed E-state index contributed by atoms with van der Waals surface area (Å²) in [5.74, 6) is 0.0330. The Morgan fingerprint density at radius 3 is 2.47 bits per heavy atom. The lowest BCUT2D eigenvalue weighted by Crippen LogP contribution is -2.39. The number of dihydropyridines is 1. The lowest BCUT2D eigenvalue weighted by molar-refractivity contribution is -0.118. The van der Waals surface area contributed by atoms with E-state index in [0.29, 0.717) is 23.3 Å². The van der Waals surface area contributed by atoms with E-state index < -0.39 is 5.92 Å². The highest BCUT2D eigenvalue weighted by Crippen LogP contribution is 2.48. The predicted octanol–water partition coefficient (Wildman–Crippen LogP) is 5.25. The fraction of sp³-hybridized carbons (Fsp3) is 0.333. The number of benzene rings is 2. The van der Waals surface area contributed by atoms with Crippen LogP contribution in [0.1, 0.15) is 50.7 Å². The fourth-order valence-electron chi connectivity index (χ4n) is 4.86. The van der Waals surface area contributed by atoms with E-state index in [4.69, 9.17) is 4.74 Å². The molecule has 0 bridgehead atoms. The van der Waals surface area contributed by atoms with E-state index in [-0.39, 0.29) is 17.1 Å². The van der Waals surface area contributed by atoms with Gasteiger partial charge >= 0.3 is 0 Å². The maximum Gasteiger partial charge on any atom is 0.254 e. The van der Waals surface area contributed by atoms with Gasteiger partial charge in [-0.05, 0) is 43.4 Å². The SMILES string of the molecule is COc1ccccc1[C@@H]1C(C(=O)Nc2ccccc2C)=C(C)NC2=C1C(=O)CC(C)(C)C2. The van der Waals surface area contributed by atoms with Crippen LogP contribution in [0.15, 0.2) is 71.1 Å². The molecule has 2 aliphatic rings. The van der Waals surface area contributed by atoms with Gasteiger partial charge in [-0.3, -0.25) is 9.59 Å². The minimum Gasteiger partial charge on any atom is -0.496 e. The van der Waals surface area contributed by atoms with E-state index in [1.165, 1.54) is 0 Å². The molecule has 5 nitrogen and oxygen atoms in total. The Morgan fingerprint density at radius 1 is 1.06 bits per heavy atom. The van der Waals surface area contributed by atoms with Crippen molar-refractivity contribution in [2.45, 2.75) is 46.5 Å². The summed E-state index contributed by atoms with van der Waals surface area (Å²) in [6, 6.07) is 15.3. The third-order valence-corrected chi connectivity index (χ3v) is 6.33. The summed E-state index contributed by atoms with van der Waals surface area (Å²) >= 11 is 0. The largest absolute Gasteiger partial charge is 0.496 e. The topological polar surface area (TPSA) is 67.4 Å². The lowest BCUT2D eigenvalue weighted by Gasteiger charge is -2.40. The monoisotopic (exact) mass is 430 g/mol. The van der Waals surface area contributed by atoms with E-state index in [1.807, 2.05) is 62.4 Å². The number of ether oxygens (including phenoxy) is 1. The number of nitrogens with one attached hydrogen (secondary N) is 2. The number of hydrogen-bond donors (Lipinski definition) is 2. The van der Waals surface area contributed by atoms with Gasteiger partial charge in [0.15, 0.2) is 5.78 Å². The number of aryl methyl sites for hydroxylation is 1. The Morgan fingerprint density at radius 2 is 1.75 bits per heavy atom. The maximum atomic E-state index is 13.6. The number of para-hydroxylation sites is 2. The molecular weight excluding hydrogens is 400 g/mol. The van der Waals surface area contributed by atoms with Gasteiger partial charge in [0.05, 0.1) is 13.0 Å². The standard InChI is InChI=1S/C27H30N2O3/c1-16-10-6-8-12-19(16)29-26(31)23-17(2)28-20-14-27(3,4)15-21(30)25(20)24(23)18-11-7-9-13-22(18)32-5/h6-13,24,28H,14-15H2,1-5H3,(H,29,31)/t24-/m1/s1. The van der Waals surface area contributed by atoms with Crippen molar-refractivity contribution >= 4 is 17.4 Å². The average Bonchev–Trinajstić information content (AvgIpc) is 2.73. The van der Waals surface area contributed by atoms with Gasteiger partial charge in [0.2, 0.25) is 0 Å². The first kappa shape index (κ1) is 21.9. The molecule has 166 valence electrons. The van der Waals surface area contributed by atoms with Crippen LogP contribution in [0.4, 0.5) is 5.69 Å². The second-order valence-electron chi connectivity index (χ2n) is 9.44.